The van der Waals surface area contributed by atoms with Crippen LogP contribution in [0.3, 0.4) is 0 Å². The van der Waals surface area contributed by atoms with Gasteiger partial charge in [-0.1, -0.05) is 54.6 Å². The fourth-order valence-electron chi connectivity index (χ4n) is 4.53. The Morgan fingerprint density at radius 1 is 0.912 bits per heavy atom. The van der Waals surface area contributed by atoms with E-state index < -0.39 is 5.41 Å². The largest absolute Gasteiger partial charge is 0.497 e. The highest BCUT2D eigenvalue weighted by Crippen LogP contribution is 2.36. The van der Waals surface area contributed by atoms with Crippen LogP contribution in [0.5, 0.6) is 5.75 Å². The van der Waals surface area contributed by atoms with Crippen LogP contribution in [0, 0.1) is 5.82 Å². The van der Waals surface area contributed by atoms with Crippen LogP contribution in [-0.4, -0.2) is 36.9 Å². The first-order valence-electron chi connectivity index (χ1n) is 11.5. The molecule has 5 nitrogen and oxygen atoms in total. The van der Waals surface area contributed by atoms with Gasteiger partial charge in [0, 0.05) is 19.6 Å². The second-order valence-electron chi connectivity index (χ2n) is 8.66. The highest BCUT2D eigenvalue weighted by molar-refractivity contribution is 5.89. The van der Waals surface area contributed by atoms with E-state index in [0.717, 1.165) is 22.4 Å². The van der Waals surface area contributed by atoms with Gasteiger partial charge in [-0.15, -0.1) is 0 Å². The number of nitrogens with one attached hydrogen (secondary N) is 1. The molecule has 1 fully saturated rings. The lowest BCUT2D eigenvalue weighted by Gasteiger charge is -2.41. The Kier molecular flexibility index (Phi) is 7.26. The molecular weight excluding hydrogens is 431 g/mol. The smallest absolute Gasteiger partial charge is 0.231 e. The number of hydrogen-bond donors (Lipinski definition) is 1. The molecule has 0 spiro atoms. The summed E-state index contributed by atoms with van der Waals surface area (Å²) in [7, 11) is 1.62. The Morgan fingerprint density at radius 3 is 2.15 bits per heavy atom. The van der Waals surface area contributed by atoms with Gasteiger partial charge in [0.05, 0.1) is 18.9 Å². The number of methoxy groups -OCH3 is 1. The summed E-state index contributed by atoms with van der Waals surface area (Å²) in [6.07, 6.45) is 1.31. The van der Waals surface area contributed by atoms with Crippen molar-refractivity contribution in [2.24, 2.45) is 0 Å². The summed E-state index contributed by atoms with van der Waals surface area (Å²) in [6, 6.07) is 23.4. The molecule has 0 saturated carbocycles. The molecule has 1 aliphatic heterocycles. The summed E-state index contributed by atoms with van der Waals surface area (Å²) < 4.78 is 18.4. The molecule has 176 valence electrons. The lowest BCUT2D eigenvalue weighted by Crippen LogP contribution is -2.52. The van der Waals surface area contributed by atoms with Crippen LogP contribution in [0.4, 0.5) is 4.39 Å². The fourth-order valence-corrected chi connectivity index (χ4v) is 4.53. The minimum atomic E-state index is -0.694. The molecular formula is C28H29FN2O3. The number of carbonyl (C=O) groups excluding carboxylic acids is 2. The number of rotatable bonds is 7. The third kappa shape index (κ3) is 5.28. The second-order valence-corrected chi connectivity index (χ2v) is 8.66. The molecule has 1 N–H and O–H groups in total. The van der Waals surface area contributed by atoms with E-state index in [0.29, 0.717) is 32.5 Å². The predicted octanol–water partition coefficient (Wildman–Crippen LogP) is 4.25. The topological polar surface area (TPSA) is 58.6 Å². The molecule has 0 atom stereocenters. The zero-order valence-corrected chi connectivity index (χ0v) is 19.3. The molecule has 3 aromatic rings. The van der Waals surface area contributed by atoms with Crippen LogP contribution < -0.4 is 10.1 Å². The van der Waals surface area contributed by atoms with Crippen LogP contribution in [-0.2, 0) is 28.0 Å². The monoisotopic (exact) mass is 460 g/mol. The molecule has 0 radical (unpaired) electrons. The minimum Gasteiger partial charge on any atom is -0.497 e. The summed E-state index contributed by atoms with van der Waals surface area (Å²) in [5, 5.41) is 3.12. The first-order chi connectivity index (χ1) is 16.5. The van der Waals surface area contributed by atoms with E-state index in [-0.39, 0.29) is 24.1 Å². The standard InChI is InChI=1S/C28H29FN2O3/c1-34-25-13-9-22(10-14-25)20-30-27(33)28(23-5-3-2-4-6-23)15-17-31(18-16-28)26(32)19-21-7-11-24(29)12-8-21/h2-14H,15-20H2,1H3,(H,30,33). The van der Waals surface area contributed by atoms with E-state index in [1.807, 2.05) is 54.6 Å². The summed E-state index contributed by atoms with van der Waals surface area (Å²) in [5.41, 5.74) is 2.04. The third-order valence-corrected chi connectivity index (χ3v) is 6.61. The number of ether oxygens (including phenoxy) is 1. The van der Waals surface area contributed by atoms with Gasteiger partial charge in [-0.05, 0) is 53.8 Å². The van der Waals surface area contributed by atoms with Crippen molar-refractivity contribution in [1.29, 1.82) is 0 Å². The highest BCUT2D eigenvalue weighted by Gasteiger charge is 2.43. The predicted molar refractivity (Wildman–Crippen MR) is 129 cm³/mol. The van der Waals surface area contributed by atoms with Gasteiger partial charge in [0.25, 0.3) is 0 Å². The van der Waals surface area contributed by atoms with E-state index in [4.69, 9.17) is 4.74 Å². The van der Waals surface area contributed by atoms with E-state index >= 15 is 0 Å². The Morgan fingerprint density at radius 2 is 1.53 bits per heavy atom. The summed E-state index contributed by atoms with van der Waals surface area (Å²) >= 11 is 0. The first kappa shape index (κ1) is 23.5. The molecule has 6 heteroatoms. The third-order valence-electron chi connectivity index (χ3n) is 6.61. The van der Waals surface area contributed by atoms with E-state index in [9.17, 15) is 14.0 Å². The number of amides is 2. The second kappa shape index (κ2) is 10.5. The molecule has 0 aromatic heterocycles. The van der Waals surface area contributed by atoms with Crippen molar-refractivity contribution in [3.63, 3.8) is 0 Å². The number of hydrogen-bond acceptors (Lipinski definition) is 3. The molecule has 1 heterocycles. The van der Waals surface area contributed by atoms with Gasteiger partial charge < -0.3 is 15.0 Å². The van der Waals surface area contributed by atoms with Crippen molar-refractivity contribution in [1.82, 2.24) is 10.2 Å². The van der Waals surface area contributed by atoms with Gasteiger partial charge in [0.1, 0.15) is 11.6 Å². The summed E-state index contributed by atoms with van der Waals surface area (Å²) in [5.74, 6) is 0.419. The van der Waals surface area contributed by atoms with Crippen molar-refractivity contribution in [3.8, 4) is 5.75 Å². The summed E-state index contributed by atoms with van der Waals surface area (Å²) in [6.45, 7) is 1.40. The molecule has 1 aliphatic rings. The fraction of sp³-hybridized carbons (Fsp3) is 0.286. The van der Waals surface area contributed by atoms with Crippen LogP contribution in [0.1, 0.15) is 29.5 Å². The van der Waals surface area contributed by atoms with Gasteiger partial charge in [-0.25, -0.2) is 4.39 Å². The van der Waals surface area contributed by atoms with E-state index in [1.54, 1.807) is 24.1 Å². The average Bonchev–Trinajstić information content (AvgIpc) is 2.89. The number of halogens is 1. The van der Waals surface area contributed by atoms with Crippen molar-refractivity contribution in [2.75, 3.05) is 20.2 Å². The van der Waals surface area contributed by atoms with Gasteiger partial charge in [-0.3, -0.25) is 9.59 Å². The molecule has 1 saturated heterocycles. The SMILES string of the molecule is COc1ccc(CNC(=O)C2(c3ccccc3)CCN(C(=O)Cc3ccc(F)cc3)CC2)cc1. The van der Waals surface area contributed by atoms with Gasteiger partial charge in [0.2, 0.25) is 11.8 Å². The maximum absolute atomic E-state index is 13.5. The number of benzene rings is 3. The van der Waals surface area contributed by atoms with Gasteiger partial charge >= 0.3 is 0 Å². The molecule has 0 bridgehead atoms. The molecule has 0 aliphatic carbocycles. The molecule has 2 amide bonds. The van der Waals surface area contributed by atoms with E-state index in [1.165, 1.54) is 12.1 Å². The number of piperidine rings is 1. The van der Waals surface area contributed by atoms with Crippen LogP contribution >= 0.6 is 0 Å². The number of nitrogens with zero attached hydrogens (tertiary/aromatic N) is 1. The molecule has 3 aromatic carbocycles. The van der Waals surface area contributed by atoms with Crippen LogP contribution in [0.15, 0.2) is 78.9 Å². The zero-order chi connectivity index (χ0) is 24.0. The van der Waals surface area contributed by atoms with Crippen molar-refractivity contribution >= 4 is 11.8 Å². The normalized spacial score (nSPS) is 14.9. The molecule has 4 rings (SSSR count). The quantitative estimate of drug-likeness (QED) is 0.573. The maximum Gasteiger partial charge on any atom is 0.231 e. The first-order valence-corrected chi connectivity index (χ1v) is 11.5. The summed E-state index contributed by atoms with van der Waals surface area (Å²) in [4.78, 5) is 28.2. The van der Waals surface area contributed by atoms with E-state index in [2.05, 4.69) is 5.32 Å². The molecule has 0 unspecified atom stereocenters. The lowest BCUT2D eigenvalue weighted by atomic mass is 9.72. The Hall–Kier alpha value is -3.67. The minimum absolute atomic E-state index is 0.00749. The average molecular weight is 461 g/mol. The van der Waals surface area contributed by atoms with Crippen LogP contribution in [0.25, 0.3) is 0 Å². The van der Waals surface area contributed by atoms with Crippen molar-refractivity contribution in [2.45, 2.75) is 31.2 Å². The van der Waals surface area contributed by atoms with Gasteiger partial charge in [0.15, 0.2) is 0 Å². The molecule has 34 heavy (non-hydrogen) atoms. The Balaban J connectivity index is 1.44. The maximum atomic E-state index is 13.5. The number of carbonyl (C=O) groups is 2. The van der Waals surface area contributed by atoms with Crippen LogP contribution in [0.2, 0.25) is 0 Å². The Bertz CT molecular complexity index is 1110. The number of likely N-dealkylation sites (tertiary alicyclic amines) is 1. The van der Waals surface area contributed by atoms with Gasteiger partial charge in [-0.2, -0.15) is 0 Å². The lowest BCUT2D eigenvalue weighted by molar-refractivity contribution is -0.136. The zero-order valence-electron chi connectivity index (χ0n) is 19.3. The highest BCUT2D eigenvalue weighted by atomic mass is 19.1. The Labute approximate surface area is 199 Å². The van der Waals surface area contributed by atoms with Crippen molar-refractivity contribution < 1.29 is 18.7 Å². The van der Waals surface area contributed by atoms with Crippen molar-refractivity contribution in [3.05, 3.63) is 101 Å².